The molecule has 1 aromatic carbocycles. The summed E-state index contributed by atoms with van der Waals surface area (Å²) in [7, 11) is 1.65. The maximum atomic E-state index is 5.87. The fourth-order valence-corrected chi connectivity index (χ4v) is 1.56. The van der Waals surface area contributed by atoms with Gasteiger partial charge in [0.15, 0.2) is 0 Å². The average Bonchev–Trinajstić information content (AvgIpc) is 2.28. The molecule has 2 N–H and O–H groups in total. The predicted octanol–water partition coefficient (Wildman–Crippen LogP) is 2.98. The van der Waals surface area contributed by atoms with Gasteiger partial charge in [-0.15, -0.1) is 0 Å². The van der Waals surface area contributed by atoms with Crippen LogP contribution in [0.1, 0.15) is 32.3 Å². The summed E-state index contributed by atoms with van der Waals surface area (Å²) in [6.07, 6.45) is 2.48. The van der Waals surface area contributed by atoms with Crippen molar-refractivity contribution in [2.45, 2.75) is 39.4 Å². The van der Waals surface area contributed by atoms with E-state index in [2.05, 4.69) is 13.8 Å². The first-order valence-corrected chi connectivity index (χ1v) is 5.71. The Hall–Kier alpha value is -1.22. The molecule has 0 spiro atoms. The number of benzene rings is 1. The summed E-state index contributed by atoms with van der Waals surface area (Å²) in [5, 5.41) is 0. The lowest BCUT2D eigenvalue weighted by atomic mass is 10.2. The number of nitrogens with two attached hydrogens (primary N) is 1. The van der Waals surface area contributed by atoms with E-state index in [1.807, 2.05) is 18.2 Å². The van der Waals surface area contributed by atoms with Crippen molar-refractivity contribution in [3.05, 3.63) is 23.8 Å². The molecular weight excluding hydrogens is 202 g/mol. The molecule has 0 aliphatic rings. The summed E-state index contributed by atoms with van der Waals surface area (Å²) in [4.78, 5) is 0. The smallest absolute Gasteiger partial charge is 0.119 e. The van der Waals surface area contributed by atoms with Gasteiger partial charge in [0.25, 0.3) is 0 Å². The lowest BCUT2D eigenvalue weighted by Gasteiger charge is -2.13. The zero-order valence-corrected chi connectivity index (χ0v) is 10.3. The van der Waals surface area contributed by atoms with Crippen LogP contribution in [0.3, 0.4) is 0 Å². The Balaban J connectivity index is 2.58. The molecule has 0 aromatic heterocycles. The molecule has 0 amide bonds. The maximum Gasteiger partial charge on any atom is 0.119 e. The monoisotopic (exact) mass is 223 g/mol. The van der Waals surface area contributed by atoms with E-state index in [0.29, 0.717) is 6.61 Å². The lowest BCUT2D eigenvalue weighted by molar-refractivity contribution is 0.0474. The molecule has 3 nitrogen and oxygen atoms in total. The standard InChI is InChI=1S/C13H21NO2/c1-4-5-10(2)16-9-11-8-12(15-3)6-7-13(11)14/h6-8,10H,4-5,9,14H2,1-3H3. The molecule has 1 aromatic rings. The second-order valence-corrected chi connectivity index (χ2v) is 3.98. The first-order chi connectivity index (χ1) is 7.67. The van der Waals surface area contributed by atoms with Crippen LogP contribution in [0, 0.1) is 0 Å². The van der Waals surface area contributed by atoms with Gasteiger partial charge in [-0.25, -0.2) is 0 Å². The van der Waals surface area contributed by atoms with Crippen LogP contribution in [0.5, 0.6) is 5.75 Å². The van der Waals surface area contributed by atoms with Crippen LogP contribution >= 0.6 is 0 Å². The summed E-state index contributed by atoms with van der Waals surface area (Å²) >= 11 is 0. The van der Waals surface area contributed by atoms with E-state index in [4.69, 9.17) is 15.2 Å². The number of hydrogen-bond acceptors (Lipinski definition) is 3. The number of nitrogen functional groups attached to an aromatic ring is 1. The molecular formula is C13H21NO2. The Bertz CT molecular complexity index is 326. The van der Waals surface area contributed by atoms with E-state index < -0.39 is 0 Å². The van der Waals surface area contributed by atoms with Crippen LogP contribution in [-0.4, -0.2) is 13.2 Å². The van der Waals surface area contributed by atoms with E-state index in [9.17, 15) is 0 Å². The molecule has 0 radical (unpaired) electrons. The number of methoxy groups -OCH3 is 1. The van der Waals surface area contributed by atoms with Crippen molar-refractivity contribution in [3.63, 3.8) is 0 Å². The largest absolute Gasteiger partial charge is 0.497 e. The van der Waals surface area contributed by atoms with E-state index in [1.54, 1.807) is 7.11 Å². The third kappa shape index (κ3) is 3.74. The van der Waals surface area contributed by atoms with Gasteiger partial charge in [-0.1, -0.05) is 13.3 Å². The van der Waals surface area contributed by atoms with Crippen LogP contribution in [0.2, 0.25) is 0 Å². The Kier molecular flexibility index (Phi) is 5.12. The van der Waals surface area contributed by atoms with Crippen molar-refractivity contribution in [2.24, 2.45) is 0 Å². The quantitative estimate of drug-likeness (QED) is 0.754. The van der Waals surface area contributed by atoms with Crippen molar-refractivity contribution >= 4 is 5.69 Å². The molecule has 1 rings (SSSR count). The SMILES string of the molecule is CCCC(C)OCc1cc(OC)ccc1N. The third-order valence-corrected chi connectivity index (χ3v) is 2.57. The van der Waals surface area contributed by atoms with Crippen LogP contribution in [0.15, 0.2) is 18.2 Å². The molecule has 0 saturated heterocycles. The van der Waals surface area contributed by atoms with E-state index in [1.165, 1.54) is 0 Å². The molecule has 0 fully saturated rings. The molecule has 1 unspecified atom stereocenters. The van der Waals surface area contributed by atoms with Gasteiger partial charge >= 0.3 is 0 Å². The van der Waals surface area contributed by atoms with Gasteiger partial charge in [-0.2, -0.15) is 0 Å². The second-order valence-electron chi connectivity index (χ2n) is 3.98. The van der Waals surface area contributed by atoms with Gasteiger partial charge in [0.2, 0.25) is 0 Å². The Morgan fingerprint density at radius 1 is 1.38 bits per heavy atom. The van der Waals surface area contributed by atoms with Crippen molar-refractivity contribution in [2.75, 3.05) is 12.8 Å². The van der Waals surface area contributed by atoms with Crippen molar-refractivity contribution in [1.82, 2.24) is 0 Å². The minimum absolute atomic E-state index is 0.274. The predicted molar refractivity (Wildman–Crippen MR) is 66.6 cm³/mol. The first-order valence-electron chi connectivity index (χ1n) is 5.71. The minimum atomic E-state index is 0.274. The van der Waals surface area contributed by atoms with Crippen LogP contribution in [-0.2, 0) is 11.3 Å². The molecule has 0 saturated carbocycles. The highest BCUT2D eigenvalue weighted by molar-refractivity contribution is 5.50. The third-order valence-electron chi connectivity index (χ3n) is 2.57. The number of hydrogen-bond donors (Lipinski definition) is 1. The molecule has 0 aliphatic heterocycles. The van der Waals surface area contributed by atoms with Gasteiger partial charge in [-0.3, -0.25) is 0 Å². The highest BCUT2D eigenvalue weighted by atomic mass is 16.5. The van der Waals surface area contributed by atoms with E-state index in [0.717, 1.165) is 29.8 Å². The fourth-order valence-electron chi connectivity index (χ4n) is 1.56. The van der Waals surface area contributed by atoms with Crippen molar-refractivity contribution in [1.29, 1.82) is 0 Å². The highest BCUT2D eigenvalue weighted by Gasteiger charge is 2.05. The number of anilines is 1. The maximum absolute atomic E-state index is 5.87. The van der Waals surface area contributed by atoms with Gasteiger partial charge < -0.3 is 15.2 Å². The molecule has 1 atom stereocenters. The highest BCUT2D eigenvalue weighted by Crippen LogP contribution is 2.20. The average molecular weight is 223 g/mol. The zero-order valence-electron chi connectivity index (χ0n) is 10.3. The van der Waals surface area contributed by atoms with Crippen molar-refractivity contribution < 1.29 is 9.47 Å². The van der Waals surface area contributed by atoms with Crippen LogP contribution in [0.25, 0.3) is 0 Å². The molecule has 0 bridgehead atoms. The molecule has 0 aliphatic carbocycles. The lowest BCUT2D eigenvalue weighted by Crippen LogP contribution is -2.08. The Morgan fingerprint density at radius 3 is 2.75 bits per heavy atom. The summed E-state index contributed by atoms with van der Waals surface area (Å²) in [5.74, 6) is 0.816. The van der Waals surface area contributed by atoms with Crippen LogP contribution in [0.4, 0.5) is 5.69 Å². The fraction of sp³-hybridized carbons (Fsp3) is 0.538. The summed E-state index contributed by atoms with van der Waals surface area (Å²) in [6.45, 7) is 4.78. The number of ether oxygens (including phenoxy) is 2. The van der Waals surface area contributed by atoms with Crippen molar-refractivity contribution in [3.8, 4) is 5.75 Å². The van der Waals surface area contributed by atoms with E-state index in [-0.39, 0.29) is 6.10 Å². The topological polar surface area (TPSA) is 44.5 Å². The zero-order chi connectivity index (χ0) is 12.0. The number of rotatable bonds is 6. The molecule has 0 heterocycles. The summed E-state index contributed by atoms with van der Waals surface area (Å²) < 4.78 is 10.9. The Morgan fingerprint density at radius 2 is 2.12 bits per heavy atom. The van der Waals surface area contributed by atoms with Crippen LogP contribution < -0.4 is 10.5 Å². The minimum Gasteiger partial charge on any atom is -0.497 e. The van der Waals surface area contributed by atoms with Gasteiger partial charge in [0.1, 0.15) is 5.75 Å². The van der Waals surface area contributed by atoms with E-state index >= 15 is 0 Å². The first kappa shape index (κ1) is 12.8. The second kappa shape index (κ2) is 6.38. The molecule has 90 valence electrons. The summed E-state index contributed by atoms with van der Waals surface area (Å²) in [6, 6.07) is 5.63. The van der Waals surface area contributed by atoms with Gasteiger partial charge in [0.05, 0.1) is 19.8 Å². The van der Waals surface area contributed by atoms with Gasteiger partial charge in [-0.05, 0) is 31.5 Å². The Labute approximate surface area is 97.6 Å². The van der Waals surface area contributed by atoms with Gasteiger partial charge in [0, 0.05) is 11.3 Å². The molecule has 16 heavy (non-hydrogen) atoms. The normalized spacial score (nSPS) is 12.4. The summed E-state index contributed by atoms with van der Waals surface area (Å²) in [5.41, 5.74) is 7.61. The molecule has 3 heteroatoms.